The summed E-state index contributed by atoms with van der Waals surface area (Å²) >= 11 is 0. The Balaban J connectivity index is 1.94. The van der Waals surface area contributed by atoms with Crippen LogP contribution in [0.5, 0.6) is 0 Å². The average molecular weight is 275 g/mol. The highest BCUT2D eigenvalue weighted by Gasteiger charge is 2.19. The van der Waals surface area contributed by atoms with Crippen LogP contribution in [0.4, 0.5) is 0 Å². The summed E-state index contributed by atoms with van der Waals surface area (Å²) in [5, 5.41) is 11.5. The zero-order chi connectivity index (χ0) is 14.4. The quantitative estimate of drug-likeness (QED) is 0.551. The molecular formula is C12H13N5O3. The number of aliphatic carboxylic acids is 1. The second-order valence-corrected chi connectivity index (χ2v) is 4.02. The lowest BCUT2D eigenvalue weighted by Gasteiger charge is -2.11. The van der Waals surface area contributed by atoms with E-state index in [0.717, 1.165) is 0 Å². The number of nitrogens with one attached hydrogen (secondary N) is 3. The SMILES string of the molecule is O=C(C=Cc1cnc[nH]1)NC(Cc1cnc[nH]1)C(=O)O. The molecule has 1 unspecified atom stereocenters. The number of carbonyl (C=O) groups excluding carboxylic acids is 1. The minimum atomic E-state index is -1.11. The van der Waals surface area contributed by atoms with Gasteiger partial charge < -0.3 is 20.4 Å². The molecule has 2 heterocycles. The Morgan fingerprint density at radius 1 is 1.30 bits per heavy atom. The van der Waals surface area contributed by atoms with Crippen LogP contribution < -0.4 is 5.32 Å². The van der Waals surface area contributed by atoms with Gasteiger partial charge >= 0.3 is 5.97 Å². The molecule has 2 aromatic rings. The number of carboxylic acids is 1. The van der Waals surface area contributed by atoms with Gasteiger partial charge in [0.15, 0.2) is 0 Å². The van der Waals surface area contributed by atoms with Crippen LogP contribution in [0, 0.1) is 0 Å². The summed E-state index contributed by atoms with van der Waals surface area (Å²) in [6.45, 7) is 0. The highest BCUT2D eigenvalue weighted by molar-refractivity contribution is 5.94. The molecule has 0 spiro atoms. The van der Waals surface area contributed by atoms with Gasteiger partial charge in [-0.2, -0.15) is 0 Å². The number of carboxylic acid groups (broad SMARTS) is 1. The van der Waals surface area contributed by atoms with E-state index in [9.17, 15) is 9.59 Å². The van der Waals surface area contributed by atoms with Crippen molar-refractivity contribution in [3.63, 3.8) is 0 Å². The van der Waals surface area contributed by atoms with E-state index in [2.05, 4.69) is 25.3 Å². The van der Waals surface area contributed by atoms with Gasteiger partial charge in [0.2, 0.25) is 5.91 Å². The third kappa shape index (κ3) is 3.80. The van der Waals surface area contributed by atoms with Crippen LogP contribution in [0.2, 0.25) is 0 Å². The minimum Gasteiger partial charge on any atom is -0.480 e. The Kier molecular flexibility index (Phi) is 4.28. The number of aromatic nitrogens is 4. The Morgan fingerprint density at radius 2 is 2.05 bits per heavy atom. The number of nitrogens with zero attached hydrogens (tertiary/aromatic N) is 2. The number of carbonyl (C=O) groups is 2. The molecule has 8 nitrogen and oxygen atoms in total. The molecule has 20 heavy (non-hydrogen) atoms. The van der Waals surface area contributed by atoms with Gasteiger partial charge in [-0.1, -0.05) is 0 Å². The molecular weight excluding hydrogens is 262 g/mol. The number of rotatable bonds is 6. The molecule has 4 N–H and O–H groups in total. The first kappa shape index (κ1) is 13.5. The fraction of sp³-hybridized carbons (Fsp3) is 0.167. The Morgan fingerprint density at radius 3 is 2.65 bits per heavy atom. The maximum absolute atomic E-state index is 11.7. The topological polar surface area (TPSA) is 124 Å². The summed E-state index contributed by atoms with van der Waals surface area (Å²) in [5.41, 5.74) is 1.29. The fourth-order valence-corrected chi connectivity index (χ4v) is 1.56. The van der Waals surface area contributed by atoms with Gasteiger partial charge in [0.25, 0.3) is 0 Å². The Labute approximate surface area is 114 Å². The largest absolute Gasteiger partial charge is 0.480 e. The highest BCUT2D eigenvalue weighted by Crippen LogP contribution is 2.00. The molecule has 2 rings (SSSR count). The summed E-state index contributed by atoms with van der Waals surface area (Å²) < 4.78 is 0. The van der Waals surface area contributed by atoms with Crippen LogP contribution in [0.1, 0.15) is 11.4 Å². The number of hydrogen-bond donors (Lipinski definition) is 4. The highest BCUT2D eigenvalue weighted by atomic mass is 16.4. The molecule has 8 heteroatoms. The van der Waals surface area contributed by atoms with Crippen LogP contribution in [0.3, 0.4) is 0 Å². The maximum Gasteiger partial charge on any atom is 0.326 e. The van der Waals surface area contributed by atoms with Crippen molar-refractivity contribution < 1.29 is 14.7 Å². The molecule has 0 fully saturated rings. The molecule has 1 amide bonds. The van der Waals surface area contributed by atoms with E-state index < -0.39 is 17.9 Å². The van der Waals surface area contributed by atoms with Crippen molar-refractivity contribution in [1.29, 1.82) is 0 Å². The molecule has 0 aliphatic carbocycles. The van der Waals surface area contributed by atoms with E-state index in [1.54, 1.807) is 6.20 Å². The molecule has 0 aliphatic rings. The van der Waals surface area contributed by atoms with Gasteiger partial charge in [-0.25, -0.2) is 14.8 Å². The number of hydrogen-bond acceptors (Lipinski definition) is 4. The molecule has 0 aliphatic heterocycles. The van der Waals surface area contributed by atoms with E-state index >= 15 is 0 Å². The summed E-state index contributed by atoms with van der Waals surface area (Å²) in [7, 11) is 0. The third-order valence-electron chi connectivity index (χ3n) is 2.53. The lowest BCUT2D eigenvalue weighted by molar-refractivity contribution is -0.141. The van der Waals surface area contributed by atoms with Crippen molar-refractivity contribution in [2.24, 2.45) is 0 Å². The van der Waals surface area contributed by atoms with E-state index in [-0.39, 0.29) is 6.42 Å². The van der Waals surface area contributed by atoms with Gasteiger partial charge in [0.05, 0.1) is 24.5 Å². The summed E-state index contributed by atoms with van der Waals surface area (Å²) in [6.07, 6.45) is 8.89. The van der Waals surface area contributed by atoms with E-state index in [1.807, 2.05) is 0 Å². The summed E-state index contributed by atoms with van der Waals surface area (Å²) in [4.78, 5) is 35.9. The van der Waals surface area contributed by atoms with Crippen LogP contribution in [0.15, 0.2) is 31.1 Å². The summed E-state index contributed by atoms with van der Waals surface area (Å²) in [6, 6.07) is -1.02. The maximum atomic E-state index is 11.7. The van der Waals surface area contributed by atoms with Crippen LogP contribution in [-0.2, 0) is 16.0 Å². The van der Waals surface area contributed by atoms with Gasteiger partial charge in [-0.05, 0) is 6.08 Å². The average Bonchev–Trinajstić information content (AvgIpc) is 3.08. The lowest BCUT2D eigenvalue weighted by atomic mass is 10.1. The first-order valence-corrected chi connectivity index (χ1v) is 5.82. The molecule has 104 valence electrons. The standard InChI is InChI=1S/C12H13N5O3/c18-11(2-1-8-4-13-6-15-8)17-10(12(19)20)3-9-5-14-7-16-9/h1-2,4-7,10H,3H2,(H,13,15)(H,14,16)(H,17,18)(H,19,20). The molecule has 0 saturated carbocycles. The first-order valence-electron chi connectivity index (χ1n) is 5.82. The van der Waals surface area contributed by atoms with E-state index in [1.165, 1.54) is 31.0 Å². The van der Waals surface area contributed by atoms with Gasteiger partial charge in [0.1, 0.15) is 6.04 Å². The number of H-pyrrole nitrogens is 2. The Bertz CT molecular complexity index is 589. The number of amides is 1. The summed E-state index contributed by atoms with van der Waals surface area (Å²) in [5.74, 6) is -1.60. The minimum absolute atomic E-state index is 0.138. The predicted molar refractivity (Wildman–Crippen MR) is 69.5 cm³/mol. The van der Waals surface area contributed by atoms with Gasteiger partial charge in [-0.3, -0.25) is 4.79 Å². The normalized spacial score (nSPS) is 12.4. The molecule has 0 radical (unpaired) electrons. The Hall–Kier alpha value is -2.90. The van der Waals surface area contributed by atoms with Gasteiger partial charge in [-0.15, -0.1) is 0 Å². The van der Waals surface area contributed by atoms with Crippen molar-refractivity contribution in [3.05, 3.63) is 42.5 Å². The van der Waals surface area contributed by atoms with E-state index in [0.29, 0.717) is 11.4 Å². The second-order valence-electron chi connectivity index (χ2n) is 4.02. The molecule has 1 atom stereocenters. The van der Waals surface area contributed by atoms with Gasteiger partial charge in [0, 0.05) is 24.4 Å². The zero-order valence-electron chi connectivity index (χ0n) is 10.4. The van der Waals surface area contributed by atoms with Crippen molar-refractivity contribution in [2.45, 2.75) is 12.5 Å². The molecule has 2 aromatic heterocycles. The van der Waals surface area contributed by atoms with Crippen molar-refractivity contribution in [1.82, 2.24) is 25.3 Å². The second kappa shape index (κ2) is 6.32. The predicted octanol–water partition coefficient (Wildman–Crippen LogP) is -0.0419. The third-order valence-corrected chi connectivity index (χ3v) is 2.53. The van der Waals surface area contributed by atoms with Crippen LogP contribution in [0.25, 0.3) is 6.08 Å². The lowest BCUT2D eigenvalue weighted by Crippen LogP contribution is -2.41. The van der Waals surface area contributed by atoms with Crippen LogP contribution in [-0.4, -0.2) is 43.0 Å². The van der Waals surface area contributed by atoms with Crippen LogP contribution >= 0.6 is 0 Å². The van der Waals surface area contributed by atoms with Crippen molar-refractivity contribution in [2.75, 3.05) is 0 Å². The van der Waals surface area contributed by atoms with E-state index in [4.69, 9.17) is 5.11 Å². The first-order chi connectivity index (χ1) is 9.65. The van der Waals surface area contributed by atoms with Crippen molar-refractivity contribution in [3.8, 4) is 0 Å². The monoisotopic (exact) mass is 275 g/mol. The smallest absolute Gasteiger partial charge is 0.326 e. The molecule has 0 aromatic carbocycles. The number of aromatic amines is 2. The van der Waals surface area contributed by atoms with Crippen molar-refractivity contribution >= 4 is 18.0 Å². The molecule has 0 saturated heterocycles. The fourth-order valence-electron chi connectivity index (χ4n) is 1.56. The number of imidazole rings is 2. The molecule has 0 bridgehead atoms. The zero-order valence-corrected chi connectivity index (χ0v) is 10.4.